The molecule has 2 N–H and O–H groups in total. The quantitative estimate of drug-likeness (QED) is 0.627. The van der Waals surface area contributed by atoms with Gasteiger partial charge in [-0.2, -0.15) is 0 Å². The molecule has 1 rings (SSSR count). The Morgan fingerprint density at radius 2 is 2.14 bits per heavy atom. The topological polar surface area (TPSA) is 75.6 Å². The van der Waals surface area contributed by atoms with Crippen LogP contribution in [0.3, 0.4) is 0 Å². The molecule has 21 heavy (non-hydrogen) atoms. The van der Waals surface area contributed by atoms with Gasteiger partial charge in [0.05, 0.1) is 13.2 Å². The van der Waals surface area contributed by atoms with Crippen molar-refractivity contribution < 1.29 is 19.4 Å². The van der Waals surface area contributed by atoms with Gasteiger partial charge in [0.1, 0.15) is 6.54 Å². The second kappa shape index (κ2) is 8.77. The summed E-state index contributed by atoms with van der Waals surface area (Å²) >= 11 is 0. The van der Waals surface area contributed by atoms with Crippen LogP contribution in [0.15, 0.2) is 18.2 Å². The van der Waals surface area contributed by atoms with Crippen LogP contribution in [0.4, 0.5) is 0 Å². The van der Waals surface area contributed by atoms with E-state index in [-0.39, 0.29) is 25.7 Å². The van der Waals surface area contributed by atoms with Crippen molar-refractivity contribution in [3.8, 4) is 11.8 Å². The first-order chi connectivity index (χ1) is 10.1. The summed E-state index contributed by atoms with van der Waals surface area (Å²) < 4.78 is 4.75. The van der Waals surface area contributed by atoms with Crippen molar-refractivity contribution >= 4 is 11.9 Å². The van der Waals surface area contributed by atoms with E-state index >= 15 is 0 Å². The van der Waals surface area contributed by atoms with Gasteiger partial charge in [-0.15, -0.1) is 0 Å². The fraction of sp³-hybridized carbons (Fsp3) is 0.375. The van der Waals surface area contributed by atoms with Crippen molar-refractivity contribution in [3.05, 3.63) is 34.9 Å². The molecule has 112 valence electrons. The van der Waals surface area contributed by atoms with E-state index in [0.717, 1.165) is 11.1 Å². The van der Waals surface area contributed by atoms with Crippen LogP contribution in [-0.2, 0) is 9.53 Å². The number of aliphatic hydroxyl groups is 1. The molecular weight excluding hydrogens is 270 g/mol. The third-order valence-corrected chi connectivity index (χ3v) is 2.74. The fourth-order valence-corrected chi connectivity index (χ4v) is 1.69. The van der Waals surface area contributed by atoms with Gasteiger partial charge in [-0.05, 0) is 31.5 Å². The molecule has 0 saturated carbocycles. The van der Waals surface area contributed by atoms with Crippen LogP contribution in [-0.4, -0.2) is 36.7 Å². The number of aliphatic hydroxyl groups excluding tert-OH is 1. The minimum Gasteiger partial charge on any atom is -0.465 e. The van der Waals surface area contributed by atoms with E-state index in [1.807, 2.05) is 6.07 Å². The van der Waals surface area contributed by atoms with Gasteiger partial charge in [-0.25, -0.2) is 0 Å². The Balaban J connectivity index is 2.79. The molecule has 0 saturated heterocycles. The molecule has 1 aromatic rings. The van der Waals surface area contributed by atoms with Gasteiger partial charge in [0.15, 0.2) is 0 Å². The van der Waals surface area contributed by atoms with E-state index in [0.29, 0.717) is 12.0 Å². The zero-order valence-corrected chi connectivity index (χ0v) is 12.2. The average Bonchev–Trinajstić information content (AvgIpc) is 2.47. The number of esters is 1. The lowest BCUT2D eigenvalue weighted by Gasteiger charge is -2.08. The monoisotopic (exact) mass is 289 g/mol. The SMILES string of the molecule is CCOC(=O)CNC(=O)c1cccc(C#CCCO)c1C. The molecule has 0 spiro atoms. The summed E-state index contributed by atoms with van der Waals surface area (Å²) in [4.78, 5) is 23.3. The lowest BCUT2D eigenvalue weighted by atomic mass is 10.0. The number of carbonyl (C=O) groups is 2. The Labute approximate surface area is 124 Å². The van der Waals surface area contributed by atoms with Crippen molar-refractivity contribution in [2.75, 3.05) is 19.8 Å². The molecule has 5 nitrogen and oxygen atoms in total. The van der Waals surface area contributed by atoms with Crippen molar-refractivity contribution in [1.29, 1.82) is 0 Å². The maximum Gasteiger partial charge on any atom is 0.325 e. The Kier molecular flexibility index (Phi) is 6.99. The second-order valence-electron chi connectivity index (χ2n) is 4.24. The molecule has 0 aliphatic carbocycles. The average molecular weight is 289 g/mol. The Morgan fingerprint density at radius 3 is 2.81 bits per heavy atom. The number of rotatable bonds is 5. The number of hydrogen-bond donors (Lipinski definition) is 2. The second-order valence-corrected chi connectivity index (χ2v) is 4.24. The predicted octanol–water partition coefficient (Wildman–Crippen LogP) is 1.02. The smallest absolute Gasteiger partial charge is 0.325 e. The van der Waals surface area contributed by atoms with Crippen LogP contribution in [0.1, 0.15) is 34.8 Å². The highest BCUT2D eigenvalue weighted by Gasteiger charge is 2.12. The lowest BCUT2D eigenvalue weighted by Crippen LogP contribution is -2.31. The number of benzene rings is 1. The summed E-state index contributed by atoms with van der Waals surface area (Å²) in [7, 11) is 0. The summed E-state index contributed by atoms with van der Waals surface area (Å²) in [6.07, 6.45) is 0.388. The molecule has 0 bridgehead atoms. The molecule has 0 aliphatic rings. The van der Waals surface area contributed by atoms with Crippen LogP contribution in [0, 0.1) is 18.8 Å². The maximum absolute atomic E-state index is 12.0. The lowest BCUT2D eigenvalue weighted by molar-refractivity contribution is -0.141. The summed E-state index contributed by atoms with van der Waals surface area (Å²) in [5.74, 6) is 4.92. The van der Waals surface area contributed by atoms with Crippen LogP contribution in [0.2, 0.25) is 0 Å². The van der Waals surface area contributed by atoms with Gasteiger partial charge in [-0.1, -0.05) is 17.9 Å². The predicted molar refractivity (Wildman–Crippen MR) is 78.7 cm³/mol. The number of carbonyl (C=O) groups excluding carboxylic acids is 2. The molecule has 1 amide bonds. The number of ether oxygens (including phenoxy) is 1. The van der Waals surface area contributed by atoms with Gasteiger partial charge >= 0.3 is 5.97 Å². The van der Waals surface area contributed by atoms with E-state index in [4.69, 9.17) is 9.84 Å². The number of amides is 1. The largest absolute Gasteiger partial charge is 0.465 e. The highest BCUT2D eigenvalue weighted by atomic mass is 16.5. The number of nitrogens with one attached hydrogen (secondary N) is 1. The Hall–Kier alpha value is -2.32. The molecule has 0 fully saturated rings. The van der Waals surface area contributed by atoms with Crippen molar-refractivity contribution in [2.24, 2.45) is 0 Å². The zero-order chi connectivity index (χ0) is 15.7. The van der Waals surface area contributed by atoms with Crippen LogP contribution in [0.5, 0.6) is 0 Å². The zero-order valence-electron chi connectivity index (χ0n) is 12.2. The van der Waals surface area contributed by atoms with Crippen LogP contribution < -0.4 is 5.32 Å². The molecular formula is C16H19NO4. The summed E-state index contributed by atoms with van der Waals surface area (Å²) in [5.41, 5.74) is 1.94. The van der Waals surface area contributed by atoms with Crippen molar-refractivity contribution in [3.63, 3.8) is 0 Å². The van der Waals surface area contributed by atoms with E-state index in [2.05, 4.69) is 17.2 Å². The highest BCUT2D eigenvalue weighted by molar-refractivity contribution is 5.97. The van der Waals surface area contributed by atoms with Crippen molar-refractivity contribution in [1.82, 2.24) is 5.32 Å². The standard InChI is InChI=1S/C16H19NO4/c1-3-21-15(19)11-17-16(20)14-9-6-8-13(12(14)2)7-4-5-10-18/h6,8-9,18H,3,5,10-11H2,1-2H3,(H,17,20). The minimum absolute atomic E-state index is 0.00572. The van der Waals surface area contributed by atoms with E-state index in [1.54, 1.807) is 26.0 Å². The van der Waals surface area contributed by atoms with Crippen LogP contribution in [0.25, 0.3) is 0 Å². The first-order valence-electron chi connectivity index (χ1n) is 6.73. The van der Waals surface area contributed by atoms with Gasteiger partial charge in [0.25, 0.3) is 5.91 Å². The van der Waals surface area contributed by atoms with E-state index in [1.165, 1.54) is 0 Å². The highest BCUT2D eigenvalue weighted by Crippen LogP contribution is 2.12. The van der Waals surface area contributed by atoms with Gasteiger partial charge in [0, 0.05) is 17.5 Å². The third-order valence-electron chi connectivity index (χ3n) is 2.74. The molecule has 0 radical (unpaired) electrons. The summed E-state index contributed by atoms with van der Waals surface area (Å²) in [6.45, 7) is 3.63. The van der Waals surface area contributed by atoms with Crippen molar-refractivity contribution in [2.45, 2.75) is 20.3 Å². The van der Waals surface area contributed by atoms with E-state index < -0.39 is 5.97 Å². The number of hydrogen-bond acceptors (Lipinski definition) is 4. The molecule has 0 unspecified atom stereocenters. The van der Waals surface area contributed by atoms with Gasteiger partial charge in [-0.3, -0.25) is 9.59 Å². The fourth-order valence-electron chi connectivity index (χ4n) is 1.69. The molecule has 1 aromatic carbocycles. The first-order valence-corrected chi connectivity index (χ1v) is 6.73. The first kappa shape index (κ1) is 16.7. The summed E-state index contributed by atoms with van der Waals surface area (Å²) in [5, 5.41) is 11.2. The molecule has 0 aliphatic heterocycles. The molecule has 0 atom stereocenters. The summed E-state index contributed by atoms with van der Waals surface area (Å²) in [6, 6.07) is 5.21. The normalized spacial score (nSPS) is 9.48. The Bertz CT molecular complexity index is 569. The molecule has 0 aromatic heterocycles. The van der Waals surface area contributed by atoms with Gasteiger partial charge in [0.2, 0.25) is 0 Å². The minimum atomic E-state index is -0.470. The van der Waals surface area contributed by atoms with Crippen LogP contribution >= 0.6 is 0 Å². The molecule has 5 heteroatoms. The maximum atomic E-state index is 12.0. The molecule has 0 heterocycles. The van der Waals surface area contributed by atoms with Gasteiger partial charge < -0.3 is 15.2 Å². The third kappa shape index (κ3) is 5.28. The Morgan fingerprint density at radius 1 is 1.38 bits per heavy atom. The van der Waals surface area contributed by atoms with E-state index in [9.17, 15) is 9.59 Å².